The molecule has 0 aliphatic carbocycles. The van der Waals surface area contributed by atoms with Gasteiger partial charge in [0, 0.05) is 6.42 Å². The fourth-order valence-corrected chi connectivity index (χ4v) is 0.582. The lowest BCUT2D eigenvalue weighted by Gasteiger charge is -2.03. The molecule has 3 N–H and O–H groups in total. The van der Waals surface area contributed by atoms with E-state index >= 15 is 0 Å². The van der Waals surface area contributed by atoms with Gasteiger partial charge in [-0.3, -0.25) is 0 Å². The minimum absolute atomic E-state index is 0.236. The normalized spacial score (nSPS) is 13.1. The van der Waals surface area contributed by atoms with Crippen molar-refractivity contribution >= 4 is 6.29 Å². The van der Waals surface area contributed by atoms with E-state index in [4.69, 9.17) is 10.8 Å². The van der Waals surface area contributed by atoms with Crippen molar-refractivity contribution in [2.75, 3.05) is 6.54 Å². The van der Waals surface area contributed by atoms with Crippen LogP contribution in [0.1, 0.15) is 19.3 Å². The Morgan fingerprint density at radius 3 is 2.78 bits per heavy atom. The molecule has 9 heavy (non-hydrogen) atoms. The first-order valence-electron chi connectivity index (χ1n) is 3.13. The molecule has 0 aliphatic heterocycles. The SMILES string of the molecule is NCCCC(O)CC=O. The summed E-state index contributed by atoms with van der Waals surface area (Å²) in [4.78, 5) is 9.79. The molecule has 0 aromatic carbocycles. The van der Waals surface area contributed by atoms with Gasteiger partial charge in [0.2, 0.25) is 0 Å². The summed E-state index contributed by atoms with van der Waals surface area (Å²) in [5.74, 6) is 0. The number of rotatable bonds is 5. The van der Waals surface area contributed by atoms with E-state index in [-0.39, 0.29) is 6.42 Å². The quantitative estimate of drug-likeness (QED) is 0.502. The summed E-state index contributed by atoms with van der Waals surface area (Å²) in [5.41, 5.74) is 5.17. The minimum Gasteiger partial charge on any atom is -0.393 e. The Balaban J connectivity index is 3.04. The monoisotopic (exact) mass is 131 g/mol. The summed E-state index contributed by atoms with van der Waals surface area (Å²) in [6.45, 7) is 0.579. The molecule has 1 atom stereocenters. The molecule has 1 unspecified atom stereocenters. The van der Waals surface area contributed by atoms with Crippen LogP contribution in [-0.2, 0) is 4.79 Å². The lowest BCUT2D eigenvalue weighted by atomic mass is 10.1. The van der Waals surface area contributed by atoms with Crippen LogP contribution in [-0.4, -0.2) is 24.0 Å². The van der Waals surface area contributed by atoms with Crippen LogP contribution in [0.15, 0.2) is 0 Å². The summed E-state index contributed by atoms with van der Waals surface area (Å²) < 4.78 is 0. The number of aliphatic hydroxyl groups is 1. The van der Waals surface area contributed by atoms with E-state index in [0.29, 0.717) is 13.0 Å². The molecule has 0 fully saturated rings. The predicted octanol–water partition coefficient (Wildman–Crippen LogP) is -0.325. The van der Waals surface area contributed by atoms with Crippen molar-refractivity contribution in [3.8, 4) is 0 Å². The fraction of sp³-hybridized carbons (Fsp3) is 0.833. The summed E-state index contributed by atoms with van der Waals surface area (Å²) >= 11 is 0. The smallest absolute Gasteiger partial charge is 0.122 e. The largest absolute Gasteiger partial charge is 0.393 e. The van der Waals surface area contributed by atoms with Gasteiger partial charge in [-0.1, -0.05) is 0 Å². The Bertz CT molecular complexity index is 75.5. The van der Waals surface area contributed by atoms with Crippen LogP contribution in [0.3, 0.4) is 0 Å². The molecule has 0 saturated carbocycles. The first-order valence-corrected chi connectivity index (χ1v) is 3.13. The summed E-state index contributed by atoms with van der Waals surface area (Å²) in [7, 11) is 0. The van der Waals surface area contributed by atoms with Gasteiger partial charge in [0.25, 0.3) is 0 Å². The average Bonchev–Trinajstić information content (AvgIpc) is 1.85. The molecular formula is C6H13NO2. The zero-order valence-corrected chi connectivity index (χ0v) is 5.42. The molecule has 0 rings (SSSR count). The van der Waals surface area contributed by atoms with E-state index in [0.717, 1.165) is 12.7 Å². The molecule has 0 amide bonds. The van der Waals surface area contributed by atoms with Crippen LogP contribution in [0.4, 0.5) is 0 Å². The minimum atomic E-state index is -0.481. The van der Waals surface area contributed by atoms with E-state index in [1.165, 1.54) is 0 Å². The van der Waals surface area contributed by atoms with Crippen LogP contribution in [0.5, 0.6) is 0 Å². The number of hydrogen-bond acceptors (Lipinski definition) is 3. The van der Waals surface area contributed by atoms with Crippen LogP contribution < -0.4 is 5.73 Å². The van der Waals surface area contributed by atoms with Crippen molar-refractivity contribution in [2.24, 2.45) is 5.73 Å². The maximum Gasteiger partial charge on any atom is 0.122 e. The van der Waals surface area contributed by atoms with Gasteiger partial charge in [0.05, 0.1) is 6.10 Å². The zero-order chi connectivity index (χ0) is 7.11. The van der Waals surface area contributed by atoms with Crippen molar-refractivity contribution in [2.45, 2.75) is 25.4 Å². The van der Waals surface area contributed by atoms with Gasteiger partial charge in [0.1, 0.15) is 6.29 Å². The Morgan fingerprint density at radius 2 is 2.33 bits per heavy atom. The number of aldehydes is 1. The average molecular weight is 131 g/mol. The van der Waals surface area contributed by atoms with Gasteiger partial charge < -0.3 is 15.6 Å². The third kappa shape index (κ3) is 5.46. The molecule has 3 nitrogen and oxygen atoms in total. The maximum atomic E-state index is 9.79. The molecule has 0 aliphatic rings. The van der Waals surface area contributed by atoms with Crippen molar-refractivity contribution in [3.63, 3.8) is 0 Å². The van der Waals surface area contributed by atoms with Crippen molar-refractivity contribution < 1.29 is 9.90 Å². The second-order valence-corrected chi connectivity index (χ2v) is 1.99. The number of hydrogen-bond donors (Lipinski definition) is 2. The van der Waals surface area contributed by atoms with Crippen LogP contribution >= 0.6 is 0 Å². The molecule has 0 spiro atoms. The Hall–Kier alpha value is -0.410. The Kier molecular flexibility index (Phi) is 5.46. The number of nitrogens with two attached hydrogens (primary N) is 1. The van der Waals surface area contributed by atoms with Gasteiger partial charge in [-0.2, -0.15) is 0 Å². The molecule has 0 radical (unpaired) electrons. The Morgan fingerprint density at radius 1 is 1.67 bits per heavy atom. The van der Waals surface area contributed by atoms with Crippen LogP contribution in [0.25, 0.3) is 0 Å². The fourth-order valence-electron chi connectivity index (χ4n) is 0.582. The third-order valence-corrected chi connectivity index (χ3v) is 1.11. The molecule has 3 heteroatoms. The summed E-state index contributed by atoms with van der Waals surface area (Å²) in [6, 6.07) is 0. The second-order valence-electron chi connectivity index (χ2n) is 1.99. The predicted molar refractivity (Wildman–Crippen MR) is 35.0 cm³/mol. The molecule has 0 heterocycles. The highest BCUT2D eigenvalue weighted by Crippen LogP contribution is 1.97. The highest BCUT2D eigenvalue weighted by molar-refractivity contribution is 5.49. The van der Waals surface area contributed by atoms with Crippen molar-refractivity contribution in [3.05, 3.63) is 0 Å². The molecule has 0 aromatic heterocycles. The lowest BCUT2D eigenvalue weighted by molar-refractivity contribution is -0.109. The molecule has 54 valence electrons. The van der Waals surface area contributed by atoms with Gasteiger partial charge in [-0.05, 0) is 19.4 Å². The first-order chi connectivity index (χ1) is 4.31. The molecule has 0 bridgehead atoms. The summed E-state index contributed by atoms with van der Waals surface area (Å²) in [5, 5.41) is 8.89. The highest BCUT2D eigenvalue weighted by atomic mass is 16.3. The zero-order valence-electron chi connectivity index (χ0n) is 5.42. The van der Waals surface area contributed by atoms with E-state index in [2.05, 4.69) is 0 Å². The number of carbonyl (C=O) groups is 1. The maximum absolute atomic E-state index is 9.79. The van der Waals surface area contributed by atoms with Crippen LogP contribution in [0.2, 0.25) is 0 Å². The molecule has 0 aromatic rings. The van der Waals surface area contributed by atoms with Gasteiger partial charge in [0.15, 0.2) is 0 Å². The second kappa shape index (κ2) is 5.72. The molecule has 0 saturated heterocycles. The van der Waals surface area contributed by atoms with Gasteiger partial charge >= 0.3 is 0 Å². The Labute approximate surface area is 54.9 Å². The van der Waals surface area contributed by atoms with E-state index in [9.17, 15) is 4.79 Å². The lowest BCUT2D eigenvalue weighted by Crippen LogP contribution is -2.09. The third-order valence-electron chi connectivity index (χ3n) is 1.11. The van der Waals surface area contributed by atoms with E-state index < -0.39 is 6.10 Å². The number of aliphatic hydroxyl groups excluding tert-OH is 1. The van der Waals surface area contributed by atoms with Crippen molar-refractivity contribution in [1.29, 1.82) is 0 Å². The highest BCUT2D eigenvalue weighted by Gasteiger charge is 1.99. The summed E-state index contributed by atoms with van der Waals surface area (Å²) in [6.07, 6.45) is 1.90. The first kappa shape index (κ1) is 8.59. The molecular weight excluding hydrogens is 118 g/mol. The van der Waals surface area contributed by atoms with E-state index in [1.807, 2.05) is 0 Å². The van der Waals surface area contributed by atoms with Gasteiger partial charge in [-0.25, -0.2) is 0 Å². The standard InChI is InChI=1S/C6H13NO2/c7-4-1-2-6(9)3-5-8/h5-6,9H,1-4,7H2. The van der Waals surface area contributed by atoms with Crippen molar-refractivity contribution in [1.82, 2.24) is 0 Å². The van der Waals surface area contributed by atoms with E-state index in [1.54, 1.807) is 0 Å². The topological polar surface area (TPSA) is 63.3 Å². The van der Waals surface area contributed by atoms with Crippen LogP contribution in [0, 0.1) is 0 Å². The van der Waals surface area contributed by atoms with Gasteiger partial charge in [-0.15, -0.1) is 0 Å². The number of carbonyl (C=O) groups excluding carboxylic acids is 1.